The van der Waals surface area contributed by atoms with Gasteiger partial charge in [-0.2, -0.15) is 5.10 Å². The highest BCUT2D eigenvalue weighted by Gasteiger charge is 2.16. The van der Waals surface area contributed by atoms with Gasteiger partial charge in [-0.05, 0) is 72.6 Å². The third kappa shape index (κ3) is 7.75. The maximum absolute atomic E-state index is 12.6. The molecule has 5 aromatic rings. The number of nitrogens with zero attached hydrogens (tertiary/aromatic N) is 4. The van der Waals surface area contributed by atoms with Crippen LogP contribution < -0.4 is 15.5 Å². The Morgan fingerprint density at radius 1 is 0.951 bits per heavy atom. The van der Waals surface area contributed by atoms with Gasteiger partial charge in [0, 0.05) is 16.4 Å². The van der Waals surface area contributed by atoms with Crippen LogP contribution in [-0.2, 0) is 11.3 Å². The van der Waals surface area contributed by atoms with Gasteiger partial charge in [-0.1, -0.05) is 71.9 Å². The summed E-state index contributed by atoms with van der Waals surface area (Å²) in [5.41, 5.74) is 6.27. The molecule has 206 valence electrons. The minimum absolute atomic E-state index is 0.114. The molecule has 0 fully saturated rings. The number of benzene rings is 4. The van der Waals surface area contributed by atoms with Crippen molar-refractivity contribution in [3.8, 4) is 17.2 Å². The SMILES string of the molecule is Cc1cc(Cl)ccc1NCc1nnc(SCC(=O)N/N=C/c2cccc(Oc3ccccc3)c2)n1-c1ccccc1. The lowest BCUT2D eigenvalue weighted by atomic mass is 10.2. The lowest BCUT2D eigenvalue weighted by Crippen LogP contribution is -2.20. The quantitative estimate of drug-likeness (QED) is 0.100. The highest BCUT2D eigenvalue weighted by atomic mass is 35.5. The second-order valence-electron chi connectivity index (χ2n) is 8.95. The van der Waals surface area contributed by atoms with Gasteiger partial charge in [0.1, 0.15) is 11.5 Å². The van der Waals surface area contributed by atoms with Crippen molar-refractivity contribution < 1.29 is 9.53 Å². The number of amides is 1. The van der Waals surface area contributed by atoms with Crippen LogP contribution in [0, 0.1) is 6.92 Å². The molecule has 1 aromatic heterocycles. The second-order valence-corrected chi connectivity index (χ2v) is 10.3. The normalized spacial score (nSPS) is 11.0. The number of carbonyl (C=O) groups is 1. The highest BCUT2D eigenvalue weighted by molar-refractivity contribution is 7.99. The van der Waals surface area contributed by atoms with Crippen LogP contribution in [0.25, 0.3) is 5.69 Å². The Balaban J connectivity index is 1.21. The van der Waals surface area contributed by atoms with E-state index >= 15 is 0 Å². The Bertz CT molecular complexity index is 1640. The third-order valence-corrected chi connectivity index (χ3v) is 7.08. The molecule has 0 radical (unpaired) electrons. The summed E-state index contributed by atoms with van der Waals surface area (Å²) in [7, 11) is 0. The molecule has 41 heavy (non-hydrogen) atoms. The first-order chi connectivity index (χ1) is 20.0. The van der Waals surface area contributed by atoms with Crippen molar-refractivity contribution in [1.82, 2.24) is 20.2 Å². The number of ether oxygens (including phenoxy) is 1. The number of rotatable bonds is 11. The Labute approximate surface area is 247 Å². The molecule has 0 bridgehead atoms. The summed E-state index contributed by atoms with van der Waals surface area (Å²) < 4.78 is 7.80. The fourth-order valence-electron chi connectivity index (χ4n) is 3.97. The second kappa shape index (κ2) is 13.6. The van der Waals surface area contributed by atoms with Crippen LogP contribution in [-0.4, -0.2) is 32.6 Å². The zero-order chi connectivity index (χ0) is 28.4. The monoisotopic (exact) mass is 582 g/mol. The lowest BCUT2D eigenvalue weighted by molar-refractivity contribution is -0.118. The van der Waals surface area contributed by atoms with Crippen molar-refractivity contribution in [3.05, 3.63) is 125 Å². The molecular weight excluding hydrogens is 556 g/mol. The Hall–Kier alpha value is -4.60. The molecule has 0 saturated carbocycles. The van der Waals surface area contributed by atoms with Crippen LogP contribution in [0.1, 0.15) is 17.0 Å². The smallest absolute Gasteiger partial charge is 0.250 e. The van der Waals surface area contributed by atoms with E-state index < -0.39 is 0 Å². The van der Waals surface area contributed by atoms with E-state index in [2.05, 4.69) is 26.0 Å². The van der Waals surface area contributed by atoms with Crippen molar-refractivity contribution in [3.63, 3.8) is 0 Å². The van der Waals surface area contributed by atoms with Gasteiger partial charge in [0.15, 0.2) is 11.0 Å². The lowest BCUT2D eigenvalue weighted by Gasteiger charge is -2.12. The van der Waals surface area contributed by atoms with Gasteiger partial charge in [0.2, 0.25) is 0 Å². The molecule has 0 saturated heterocycles. The van der Waals surface area contributed by atoms with E-state index in [0.29, 0.717) is 28.3 Å². The number of anilines is 1. The zero-order valence-corrected chi connectivity index (χ0v) is 23.8. The molecule has 0 aliphatic heterocycles. The van der Waals surface area contributed by atoms with Gasteiger partial charge >= 0.3 is 0 Å². The summed E-state index contributed by atoms with van der Waals surface area (Å²) in [6.07, 6.45) is 1.58. The number of aryl methyl sites for hydroxylation is 1. The van der Waals surface area contributed by atoms with E-state index in [0.717, 1.165) is 28.3 Å². The van der Waals surface area contributed by atoms with Gasteiger partial charge in [-0.15, -0.1) is 10.2 Å². The molecular formula is C31H27ClN6O2S. The number of halogens is 1. The molecule has 5 rings (SSSR count). The topological polar surface area (TPSA) is 93.4 Å². The first kappa shape index (κ1) is 27.9. The van der Waals surface area contributed by atoms with Crippen LogP contribution in [0.3, 0.4) is 0 Å². The van der Waals surface area contributed by atoms with E-state index in [-0.39, 0.29) is 11.7 Å². The predicted molar refractivity (Wildman–Crippen MR) is 164 cm³/mol. The van der Waals surface area contributed by atoms with Crippen LogP contribution in [0.4, 0.5) is 5.69 Å². The Morgan fingerprint density at radius 3 is 2.49 bits per heavy atom. The average Bonchev–Trinajstić information content (AvgIpc) is 3.39. The van der Waals surface area contributed by atoms with Crippen LogP contribution >= 0.6 is 23.4 Å². The molecule has 0 aliphatic carbocycles. The first-order valence-corrected chi connectivity index (χ1v) is 14.2. The fourth-order valence-corrected chi connectivity index (χ4v) is 4.96. The summed E-state index contributed by atoms with van der Waals surface area (Å²) in [5, 5.41) is 17.6. The highest BCUT2D eigenvalue weighted by Crippen LogP contribution is 2.25. The van der Waals surface area contributed by atoms with E-state index in [4.69, 9.17) is 16.3 Å². The summed E-state index contributed by atoms with van der Waals surface area (Å²) in [5.74, 6) is 1.99. The van der Waals surface area contributed by atoms with Gasteiger partial charge < -0.3 is 10.1 Å². The molecule has 0 aliphatic rings. The molecule has 10 heteroatoms. The summed E-state index contributed by atoms with van der Waals surface area (Å²) >= 11 is 7.38. The molecule has 0 atom stereocenters. The number of hydrogen-bond donors (Lipinski definition) is 2. The predicted octanol–water partition coefficient (Wildman–Crippen LogP) is 6.88. The maximum Gasteiger partial charge on any atom is 0.250 e. The van der Waals surface area contributed by atoms with Gasteiger partial charge in [0.05, 0.1) is 18.5 Å². The molecule has 1 amide bonds. The minimum atomic E-state index is -0.262. The number of aromatic nitrogens is 3. The number of hydrazone groups is 1. The largest absolute Gasteiger partial charge is 0.457 e. The summed E-state index contributed by atoms with van der Waals surface area (Å²) in [4.78, 5) is 12.6. The van der Waals surface area contributed by atoms with Gasteiger partial charge in [-0.25, -0.2) is 5.43 Å². The van der Waals surface area contributed by atoms with Crippen LogP contribution in [0.2, 0.25) is 5.02 Å². The van der Waals surface area contributed by atoms with E-state index in [1.54, 1.807) is 6.21 Å². The van der Waals surface area contributed by atoms with Crippen LogP contribution in [0.5, 0.6) is 11.5 Å². The molecule has 4 aromatic carbocycles. The van der Waals surface area contributed by atoms with E-state index in [9.17, 15) is 4.79 Å². The molecule has 0 unspecified atom stereocenters. The maximum atomic E-state index is 12.6. The van der Waals surface area contributed by atoms with E-state index in [1.807, 2.05) is 115 Å². The van der Waals surface area contributed by atoms with E-state index in [1.165, 1.54) is 11.8 Å². The summed E-state index contributed by atoms with van der Waals surface area (Å²) in [6, 6.07) is 32.5. The average molecular weight is 583 g/mol. The fraction of sp³-hybridized carbons (Fsp3) is 0.0968. The first-order valence-electron chi connectivity index (χ1n) is 12.8. The van der Waals surface area contributed by atoms with Crippen molar-refractivity contribution >= 4 is 41.2 Å². The third-order valence-electron chi connectivity index (χ3n) is 5.91. The number of carbonyl (C=O) groups excluding carboxylic acids is 1. The number of hydrogen-bond acceptors (Lipinski definition) is 7. The van der Waals surface area contributed by atoms with Gasteiger partial charge in [0.25, 0.3) is 5.91 Å². The number of thioether (sulfide) groups is 1. The standard InChI is InChI=1S/C31H27ClN6O2S/c1-22-17-24(32)15-16-28(22)33-20-29-35-37-31(38(29)25-10-4-2-5-11-25)41-21-30(39)36-34-19-23-9-8-14-27(18-23)40-26-12-6-3-7-13-26/h2-19,33H,20-21H2,1H3,(H,36,39)/b34-19+. The van der Waals surface area contributed by atoms with Crippen molar-refractivity contribution in [1.29, 1.82) is 0 Å². The summed E-state index contributed by atoms with van der Waals surface area (Å²) in [6.45, 7) is 2.43. The van der Waals surface area contributed by atoms with Crippen molar-refractivity contribution in [2.75, 3.05) is 11.1 Å². The minimum Gasteiger partial charge on any atom is -0.457 e. The van der Waals surface area contributed by atoms with Gasteiger partial charge in [-0.3, -0.25) is 9.36 Å². The Kier molecular flexibility index (Phi) is 9.30. The molecule has 8 nitrogen and oxygen atoms in total. The molecule has 0 spiro atoms. The zero-order valence-electron chi connectivity index (χ0n) is 22.2. The molecule has 1 heterocycles. The van der Waals surface area contributed by atoms with Crippen molar-refractivity contribution in [2.24, 2.45) is 5.10 Å². The van der Waals surface area contributed by atoms with Crippen LogP contribution in [0.15, 0.2) is 113 Å². The molecule has 2 N–H and O–H groups in total. The Morgan fingerprint density at radius 2 is 1.71 bits per heavy atom. The number of para-hydroxylation sites is 2. The number of nitrogens with one attached hydrogen (secondary N) is 2. The van der Waals surface area contributed by atoms with Crippen molar-refractivity contribution in [2.45, 2.75) is 18.6 Å².